The molecule has 0 amide bonds. The molecule has 0 atom stereocenters. The Labute approximate surface area is 295 Å². The van der Waals surface area contributed by atoms with Crippen molar-refractivity contribution < 1.29 is 17.5 Å². The first-order valence-corrected chi connectivity index (χ1v) is 17.3. The molecular weight excluding hydrogens is 615 g/mol. The molecule has 4 heterocycles. The fourth-order valence-electron chi connectivity index (χ4n) is 7.89. The Hall–Kier alpha value is -5.68. The molecule has 0 aliphatic carbocycles. The summed E-state index contributed by atoms with van der Waals surface area (Å²) in [7, 11) is 2.07. The zero-order chi connectivity index (χ0) is 36.9. The summed E-state index contributed by atoms with van der Waals surface area (Å²) in [5.74, 6) is 1.24. The lowest BCUT2D eigenvalue weighted by atomic mass is 9.88. The van der Waals surface area contributed by atoms with E-state index in [1.807, 2.05) is 43.3 Å². The lowest BCUT2D eigenvalue weighted by Gasteiger charge is -2.21. The number of hydrogen-bond acceptors (Lipinski definition) is 3. The first-order valence-electron chi connectivity index (χ1n) is 18.8. The van der Waals surface area contributed by atoms with Crippen molar-refractivity contribution in [3.63, 3.8) is 0 Å². The van der Waals surface area contributed by atoms with Crippen molar-refractivity contribution in [3.05, 3.63) is 126 Å². The maximum atomic E-state index is 8.64. The number of para-hydroxylation sites is 3. The monoisotopic (exact) mass is 657 g/mol. The van der Waals surface area contributed by atoms with E-state index in [0.717, 1.165) is 44.5 Å². The molecule has 5 aromatic carbocycles. The quantitative estimate of drug-likeness (QED) is 0.173. The highest BCUT2D eigenvalue weighted by Gasteiger charge is 2.35. The third-order valence-corrected chi connectivity index (χ3v) is 10.3. The molecular formula is C45H40N3O2+. The number of hydrogen-bond donors (Lipinski definition) is 0. The van der Waals surface area contributed by atoms with Crippen molar-refractivity contribution >= 4 is 54.9 Å². The number of aryl methyl sites for hydroxylation is 3. The predicted molar refractivity (Wildman–Crippen MR) is 205 cm³/mol. The lowest BCUT2D eigenvalue weighted by molar-refractivity contribution is -0.633. The van der Waals surface area contributed by atoms with Crippen molar-refractivity contribution in [2.75, 3.05) is 0 Å². The number of imidazole rings is 1. The molecule has 0 aliphatic rings. The Morgan fingerprint density at radius 3 is 2.08 bits per heavy atom. The number of furan rings is 2. The molecule has 9 rings (SSSR count). The van der Waals surface area contributed by atoms with Gasteiger partial charge in [0.1, 0.15) is 16.8 Å². The van der Waals surface area contributed by atoms with Gasteiger partial charge in [-0.15, -0.1) is 0 Å². The van der Waals surface area contributed by atoms with Crippen LogP contribution >= 0.6 is 0 Å². The molecule has 50 heavy (non-hydrogen) atoms. The number of fused-ring (bicyclic) bond motifs is 8. The van der Waals surface area contributed by atoms with Gasteiger partial charge in [0.05, 0.1) is 18.1 Å². The fraction of sp³-hybridized carbons (Fsp3) is 0.200. The van der Waals surface area contributed by atoms with E-state index < -0.39 is 6.85 Å². The average molecular weight is 658 g/mol. The summed E-state index contributed by atoms with van der Waals surface area (Å²) in [6.45, 7) is 8.39. The molecule has 0 bridgehead atoms. The number of aromatic nitrogens is 3. The third kappa shape index (κ3) is 4.32. The van der Waals surface area contributed by atoms with Gasteiger partial charge in [0.2, 0.25) is 0 Å². The van der Waals surface area contributed by atoms with Gasteiger partial charge in [-0.05, 0) is 79.2 Å². The summed E-state index contributed by atoms with van der Waals surface area (Å²) in [6, 6.07) is 35.5. The van der Waals surface area contributed by atoms with Gasteiger partial charge in [-0.1, -0.05) is 88.4 Å². The molecule has 5 heteroatoms. The zero-order valence-corrected chi connectivity index (χ0v) is 29.1. The fourth-order valence-corrected chi connectivity index (χ4v) is 7.89. The normalized spacial score (nSPS) is 13.4. The molecule has 0 aliphatic heterocycles. The van der Waals surface area contributed by atoms with Crippen LogP contribution in [0.5, 0.6) is 0 Å². The molecule has 0 saturated carbocycles. The standard InChI is InChI=1S/C45H40N3O2/c1-25(2)34-23-30(29-15-9-8-10-16-29)24-35(26(3)4)41(34)48-37-19-13-12-18-36(37)47(7)45(48)40-28(6)46-27(5)39-33-22-21-32-31-17-11-14-20-38(31)49-42(32)43(33)50-44(39)40/h8-26H,1-7H3/q+1/i5D3. The minimum absolute atomic E-state index is 0.0197. The number of benzene rings is 5. The van der Waals surface area contributed by atoms with E-state index >= 15 is 0 Å². The Kier molecular flexibility index (Phi) is 6.07. The third-order valence-electron chi connectivity index (χ3n) is 10.3. The van der Waals surface area contributed by atoms with Crippen LogP contribution in [0, 0.1) is 13.8 Å². The lowest BCUT2D eigenvalue weighted by Crippen LogP contribution is -2.31. The molecule has 0 saturated heterocycles. The van der Waals surface area contributed by atoms with Crippen LogP contribution in [0.1, 0.15) is 66.2 Å². The highest BCUT2D eigenvalue weighted by atomic mass is 16.4. The number of rotatable bonds is 5. The van der Waals surface area contributed by atoms with Gasteiger partial charge in [0.15, 0.2) is 27.8 Å². The van der Waals surface area contributed by atoms with E-state index in [2.05, 4.69) is 111 Å². The van der Waals surface area contributed by atoms with Crippen LogP contribution in [0.15, 0.2) is 112 Å². The molecule has 0 N–H and O–H groups in total. The van der Waals surface area contributed by atoms with Gasteiger partial charge < -0.3 is 8.83 Å². The molecule has 0 fully saturated rings. The minimum atomic E-state index is -2.49. The molecule has 246 valence electrons. The first kappa shape index (κ1) is 27.2. The minimum Gasteiger partial charge on any atom is -0.452 e. The van der Waals surface area contributed by atoms with Crippen molar-refractivity contribution in [1.82, 2.24) is 9.55 Å². The van der Waals surface area contributed by atoms with Crippen LogP contribution < -0.4 is 4.57 Å². The summed E-state index contributed by atoms with van der Waals surface area (Å²) < 4.78 is 43.8. The Balaban J connectivity index is 1.46. The number of pyridine rings is 1. The summed E-state index contributed by atoms with van der Waals surface area (Å²) in [5, 5.41) is 3.03. The van der Waals surface area contributed by atoms with E-state index in [1.165, 1.54) is 22.3 Å². The van der Waals surface area contributed by atoms with E-state index in [0.29, 0.717) is 33.2 Å². The maximum Gasteiger partial charge on any atom is 0.300 e. The average Bonchev–Trinajstić information content (AvgIpc) is 3.80. The first-order chi connectivity index (χ1) is 25.4. The second-order valence-electron chi connectivity index (χ2n) is 14.0. The highest BCUT2D eigenvalue weighted by Crippen LogP contribution is 2.45. The van der Waals surface area contributed by atoms with Crippen LogP contribution in [0.3, 0.4) is 0 Å². The van der Waals surface area contributed by atoms with E-state index in [-0.39, 0.29) is 17.5 Å². The zero-order valence-electron chi connectivity index (χ0n) is 32.1. The van der Waals surface area contributed by atoms with Gasteiger partial charge in [0, 0.05) is 37.1 Å². The van der Waals surface area contributed by atoms with E-state index in [9.17, 15) is 0 Å². The Morgan fingerprint density at radius 2 is 1.34 bits per heavy atom. The SMILES string of the molecule is [2H]C([2H])([2H])c1nc(C)c(-c2n(-c3c(C(C)C)cc(-c4ccccc4)cc3C(C)C)c3ccccc3[n+]2C)c2oc3c(ccc4c5ccccc5oc43)c12. The van der Waals surface area contributed by atoms with Crippen LogP contribution in [0.25, 0.3) is 83.1 Å². The van der Waals surface area contributed by atoms with Gasteiger partial charge >= 0.3 is 5.82 Å². The second kappa shape index (κ2) is 11.2. The second-order valence-corrected chi connectivity index (χ2v) is 14.0. The molecule has 5 nitrogen and oxygen atoms in total. The summed E-state index contributed by atoms with van der Waals surface area (Å²) >= 11 is 0. The molecule has 0 unspecified atom stereocenters. The van der Waals surface area contributed by atoms with Crippen molar-refractivity contribution in [2.45, 2.75) is 53.3 Å². The van der Waals surface area contributed by atoms with Crippen molar-refractivity contribution in [3.8, 4) is 28.2 Å². The van der Waals surface area contributed by atoms with Crippen molar-refractivity contribution in [2.24, 2.45) is 7.05 Å². The molecule has 4 aromatic heterocycles. The number of nitrogens with zero attached hydrogens (tertiary/aromatic N) is 3. The Bertz CT molecular complexity index is 2880. The summed E-state index contributed by atoms with van der Waals surface area (Å²) in [6.07, 6.45) is 0. The molecule has 0 spiro atoms. The van der Waals surface area contributed by atoms with Crippen LogP contribution in [0.2, 0.25) is 0 Å². The topological polar surface area (TPSA) is 48.0 Å². The van der Waals surface area contributed by atoms with Crippen molar-refractivity contribution in [1.29, 1.82) is 0 Å². The van der Waals surface area contributed by atoms with Crippen LogP contribution in [-0.4, -0.2) is 9.55 Å². The molecule has 0 radical (unpaired) electrons. The summed E-state index contributed by atoms with van der Waals surface area (Å²) in [5.41, 5.74) is 11.6. The molecule has 9 aromatic rings. The van der Waals surface area contributed by atoms with Crippen LogP contribution in [-0.2, 0) is 7.05 Å². The maximum absolute atomic E-state index is 8.64. The smallest absolute Gasteiger partial charge is 0.300 e. The predicted octanol–water partition coefficient (Wildman–Crippen LogP) is 11.8. The highest BCUT2D eigenvalue weighted by molar-refractivity contribution is 6.20. The van der Waals surface area contributed by atoms with E-state index in [1.54, 1.807) is 0 Å². The van der Waals surface area contributed by atoms with Gasteiger partial charge in [-0.25, -0.2) is 4.57 Å². The van der Waals surface area contributed by atoms with Gasteiger partial charge in [-0.3, -0.25) is 4.98 Å². The van der Waals surface area contributed by atoms with Gasteiger partial charge in [-0.2, -0.15) is 4.57 Å². The van der Waals surface area contributed by atoms with E-state index in [4.69, 9.17) is 17.9 Å². The summed E-state index contributed by atoms with van der Waals surface area (Å²) in [4.78, 5) is 4.93. The van der Waals surface area contributed by atoms with Gasteiger partial charge in [0.25, 0.3) is 0 Å². The largest absolute Gasteiger partial charge is 0.452 e. The Morgan fingerprint density at radius 1 is 0.680 bits per heavy atom. The van der Waals surface area contributed by atoms with Crippen LogP contribution in [0.4, 0.5) is 0 Å².